The van der Waals surface area contributed by atoms with Crippen LogP contribution in [0.15, 0.2) is 102 Å². The monoisotopic (exact) mass is 2110 g/mol. The highest BCUT2D eigenvalue weighted by Gasteiger charge is 2.40. The molecule has 0 unspecified atom stereocenters. The van der Waals surface area contributed by atoms with Crippen molar-refractivity contribution in [2.75, 3.05) is 266 Å². The normalized spacial score (nSPS) is 18.1. The Labute approximate surface area is 865 Å². The number of amides is 4. The molecule has 798 valence electrons. The summed E-state index contributed by atoms with van der Waals surface area (Å²) in [6.07, 6.45) is 7.48. The van der Waals surface area contributed by atoms with Crippen molar-refractivity contribution in [3.63, 3.8) is 0 Å². The van der Waals surface area contributed by atoms with Crippen LogP contribution in [-0.2, 0) is 37.7 Å². The average molecular weight is 2110 g/mol. The molecule has 4 amide bonds. The van der Waals surface area contributed by atoms with E-state index < -0.39 is 35.2 Å². The molecule has 8 saturated heterocycles. The maximum Gasteiger partial charge on any atom is 0.421 e. The van der Waals surface area contributed by atoms with Crippen molar-refractivity contribution < 1.29 is 58.7 Å². The van der Waals surface area contributed by atoms with Crippen LogP contribution in [0, 0.1) is 6.92 Å². The summed E-state index contributed by atoms with van der Waals surface area (Å²) in [6, 6.07) is 25.1. The highest BCUT2D eigenvalue weighted by Crippen LogP contribution is 2.48. The van der Waals surface area contributed by atoms with E-state index in [0.717, 1.165) is 288 Å². The number of hydrogen-bond donors (Lipinski definition) is 9. The van der Waals surface area contributed by atoms with Gasteiger partial charge in [-0.1, -0.05) is 20.8 Å². The van der Waals surface area contributed by atoms with E-state index in [1.165, 1.54) is 22.6 Å². The first-order valence-electron chi connectivity index (χ1n) is 52.6. The molecule has 9 N–H and O–H groups in total. The summed E-state index contributed by atoms with van der Waals surface area (Å²) in [5.74, 6) is 2.78. The SMILES string of the molecule is CC(C)c1cc(N2CCN(C)CC2)ccc1Nc1ncc(Br)c(NCCCN2CCCCC2=O)n1.CCN1CCN(c2ccc(Nc3ncc(C(F)(F)F)c(NCCCN4CCCCC4=O)n3)c(C3CC3)c2)CC1.CN1CCN(c2ccc(Nc3ncc(C(F)(F)F)c(NCCCN4CCCCC4=O)n3)c(C3CC3)c2)CC1.Cc1cc(N2CCNCC2)ccc1Nc1ncc(C(F)(F)F)c(NCCCN2CCCCC2=O)n1. The zero-order valence-corrected chi connectivity index (χ0v) is 87.1. The topological polar surface area (TPSA) is 315 Å². The molecule has 0 atom stereocenters. The molecule has 0 spiro atoms. The Bertz CT molecular complexity index is 5670. The molecule has 10 fully saturated rings. The lowest BCUT2D eigenvalue weighted by atomic mass is 9.99. The number of carbonyl (C=O) groups excluding carboxylic acids is 4. The predicted molar refractivity (Wildman–Crippen MR) is 565 cm³/mol. The van der Waals surface area contributed by atoms with Gasteiger partial charge < -0.3 is 102 Å². The van der Waals surface area contributed by atoms with E-state index in [1.54, 1.807) is 20.9 Å². The molecule has 4 aromatic heterocycles. The van der Waals surface area contributed by atoms with Gasteiger partial charge >= 0.3 is 18.5 Å². The summed E-state index contributed by atoms with van der Waals surface area (Å²) < 4.78 is 124. The second kappa shape index (κ2) is 52.0. The fourth-order valence-electron chi connectivity index (χ4n) is 19.6. The molecule has 8 aromatic rings. The highest BCUT2D eigenvalue weighted by molar-refractivity contribution is 9.10. The van der Waals surface area contributed by atoms with E-state index in [1.807, 2.05) is 36.1 Å². The Hall–Kier alpha value is -11.6. The average Bonchev–Trinajstić information content (AvgIpc) is 1.73. The molecule has 12 heterocycles. The first kappa shape index (κ1) is 110. The Morgan fingerprint density at radius 1 is 0.381 bits per heavy atom. The Kier molecular flexibility index (Phi) is 38.8. The van der Waals surface area contributed by atoms with Crippen LogP contribution >= 0.6 is 15.9 Å². The summed E-state index contributed by atoms with van der Waals surface area (Å²) >= 11 is 3.56. The number of anilines is 16. The van der Waals surface area contributed by atoms with Crippen molar-refractivity contribution in [1.82, 2.24) is 79.5 Å². The van der Waals surface area contributed by atoms with Gasteiger partial charge in [0.15, 0.2) is 0 Å². The van der Waals surface area contributed by atoms with E-state index in [-0.39, 0.29) is 78.6 Å². The van der Waals surface area contributed by atoms with E-state index in [4.69, 9.17) is 4.98 Å². The van der Waals surface area contributed by atoms with Crippen LogP contribution in [0.5, 0.6) is 0 Å². The molecule has 10 aliphatic rings. The molecular formula is C105H144BrF9N28O4. The van der Waals surface area contributed by atoms with E-state index >= 15 is 0 Å². The number of piperidine rings is 4. The second-order valence-electron chi connectivity index (χ2n) is 40.0. The molecule has 42 heteroatoms. The number of benzene rings is 4. The summed E-state index contributed by atoms with van der Waals surface area (Å²) in [4.78, 5) is 106. The van der Waals surface area contributed by atoms with Crippen LogP contribution in [0.2, 0.25) is 0 Å². The van der Waals surface area contributed by atoms with Crippen molar-refractivity contribution in [3.05, 3.63) is 141 Å². The number of hydrogen-bond acceptors (Lipinski definition) is 28. The van der Waals surface area contributed by atoms with Crippen molar-refractivity contribution in [1.29, 1.82) is 0 Å². The summed E-state index contributed by atoms with van der Waals surface area (Å²) in [5.41, 5.74) is 10.00. The van der Waals surface area contributed by atoms with Crippen LogP contribution in [0.3, 0.4) is 0 Å². The largest absolute Gasteiger partial charge is 0.421 e. The van der Waals surface area contributed by atoms with Gasteiger partial charge in [0, 0.05) is 279 Å². The number of nitrogens with one attached hydrogen (secondary N) is 9. The predicted octanol–water partition coefficient (Wildman–Crippen LogP) is 18.2. The third-order valence-corrected chi connectivity index (χ3v) is 29.2. The van der Waals surface area contributed by atoms with Crippen LogP contribution < -0.4 is 67.5 Å². The molecule has 0 radical (unpaired) electrons. The van der Waals surface area contributed by atoms with Crippen molar-refractivity contribution in [2.45, 2.75) is 192 Å². The van der Waals surface area contributed by atoms with Gasteiger partial charge in [0.1, 0.15) is 40.0 Å². The number of halogens is 10. The smallest absolute Gasteiger partial charge is 0.369 e. The summed E-state index contributed by atoms with van der Waals surface area (Å²) in [7, 11) is 4.31. The number of aromatic nitrogens is 8. The third-order valence-electron chi connectivity index (χ3n) is 28.7. The molecule has 2 aliphatic carbocycles. The number of piperazine rings is 4. The molecule has 32 nitrogen and oxygen atoms in total. The first-order valence-corrected chi connectivity index (χ1v) is 53.4. The summed E-state index contributed by atoms with van der Waals surface area (Å²) in [5, 5.41) is 28.1. The minimum Gasteiger partial charge on any atom is -0.369 e. The maximum absolute atomic E-state index is 13.7. The molecule has 18 rings (SSSR count). The van der Waals surface area contributed by atoms with Crippen molar-refractivity contribution in [3.8, 4) is 0 Å². The van der Waals surface area contributed by atoms with E-state index in [9.17, 15) is 58.7 Å². The molecule has 147 heavy (non-hydrogen) atoms. The zero-order chi connectivity index (χ0) is 104. The number of carbonyl (C=O) groups is 4. The Morgan fingerprint density at radius 2 is 0.694 bits per heavy atom. The Balaban J connectivity index is 0.000000147. The van der Waals surface area contributed by atoms with Gasteiger partial charge in [-0.25, -0.2) is 19.9 Å². The lowest BCUT2D eigenvalue weighted by molar-refractivity contribution is -0.138. The van der Waals surface area contributed by atoms with Gasteiger partial charge in [-0.2, -0.15) is 59.4 Å². The minimum atomic E-state index is -4.58. The zero-order valence-electron chi connectivity index (χ0n) is 85.5. The van der Waals surface area contributed by atoms with Crippen LogP contribution in [0.1, 0.15) is 206 Å². The quantitative estimate of drug-likeness (QED) is 0.0130. The highest BCUT2D eigenvalue weighted by atomic mass is 79.9. The Morgan fingerprint density at radius 3 is 1.04 bits per heavy atom. The lowest BCUT2D eigenvalue weighted by Gasteiger charge is -2.35. The molecular weight excluding hydrogens is 1970 g/mol. The van der Waals surface area contributed by atoms with E-state index in [2.05, 4.69) is 216 Å². The van der Waals surface area contributed by atoms with Gasteiger partial charge in [0.25, 0.3) is 0 Å². The standard InChI is InChI=1S/C28H38F3N7O.C27H36F3N7O.C26H38BrN7O.C24H32F3N7O/c1-2-36-14-16-37(17-15-36)21-9-10-24(22(18-21)20-7-8-20)34-27-33-19-23(28(29,30)31)26(35-27)32-11-5-13-38-12-4-3-6-25(38)39;1-35-13-15-36(16-14-35)20-8-9-23(21(17-20)19-6-7-19)33-26-32-18-22(27(28,29)30)25(34-26)31-10-4-12-37-11-3-2-5-24(37)38;1-19(2)21-17-20(33-15-13-32(3)14-16-33)8-9-23(21)30-26-29-18-22(27)25(31-26)28-10-6-12-34-11-5-4-7-24(34)35;1-17-15-18(33-13-9-28-10-14-33)6-7-20(17)31-23-30-16-19(24(25,26)27)22(32-23)29-8-4-12-34-11-3-2-5-21(34)35/h9-10,18-20H,2-8,11-17H2,1H3,(H2,32,33,34,35);8-9,17-19H,2-7,10-16H2,1H3,(H2,31,32,33,34);8-9,17-19H,4-7,10-16H2,1-3H3,(H2,28,29,30,31);6-7,15-16,28H,2-5,8-14H2,1H3,(H2,29,30,31,32). The maximum atomic E-state index is 13.7. The van der Waals surface area contributed by atoms with Gasteiger partial charge in [-0.05, 0) is 259 Å². The summed E-state index contributed by atoms with van der Waals surface area (Å²) in [6.45, 7) is 32.6. The molecule has 8 aliphatic heterocycles. The molecule has 2 saturated carbocycles. The van der Waals surface area contributed by atoms with Gasteiger partial charge in [-0.3, -0.25) is 19.2 Å². The fraction of sp³-hybridized carbons (Fsp3) is 0.581. The van der Waals surface area contributed by atoms with Crippen molar-refractivity contribution >= 4 is 132 Å². The third kappa shape index (κ3) is 31.7. The van der Waals surface area contributed by atoms with Gasteiger partial charge in [0.2, 0.25) is 47.4 Å². The van der Waals surface area contributed by atoms with Gasteiger partial charge in [0.05, 0.1) is 4.47 Å². The fourth-order valence-corrected chi connectivity index (χ4v) is 19.9. The number of rotatable bonds is 36. The van der Waals surface area contributed by atoms with Crippen LogP contribution in [-0.4, -0.2) is 302 Å². The number of aryl methyl sites for hydroxylation is 1. The first-order chi connectivity index (χ1) is 70.8. The van der Waals surface area contributed by atoms with E-state index in [0.29, 0.717) is 108 Å². The van der Waals surface area contributed by atoms with Crippen LogP contribution in [0.25, 0.3) is 0 Å². The minimum absolute atomic E-state index is 0.0877. The molecule has 0 bridgehead atoms. The van der Waals surface area contributed by atoms with Crippen LogP contribution in [0.4, 0.5) is 132 Å². The number of likely N-dealkylation sites (tertiary alicyclic amines) is 4. The lowest BCUT2D eigenvalue weighted by Crippen LogP contribution is -2.46. The number of nitrogens with zero attached hydrogens (tertiary/aromatic N) is 19. The number of likely N-dealkylation sites (N-methyl/N-ethyl adjacent to an activating group) is 3. The molecule has 4 aromatic carbocycles. The van der Waals surface area contributed by atoms with Crippen molar-refractivity contribution in [2.24, 2.45) is 0 Å². The second-order valence-corrected chi connectivity index (χ2v) is 40.8. The number of alkyl halides is 9. The van der Waals surface area contributed by atoms with Gasteiger partial charge in [-0.15, -0.1) is 0 Å².